The number of carbonyl (C=O) groups is 2. The van der Waals surface area contributed by atoms with E-state index in [9.17, 15) is 18.0 Å². The van der Waals surface area contributed by atoms with Crippen molar-refractivity contribution in [3.8, 4) is 11.5 Å². The Hall–Kier alpha value is -3.27. The number of carbonyl (C=O) groups excluding carboxylic acids is 2. The van der Waals surface area contributed by atoms with Gasteiger partial charge in [0, 0.05) is 24.4 Å². The van der Waals surface area contributed by atoms with Gasteiger partial charge in [-0.15, -0.1) is 0 Å². The summed E-state index contributed by atoms with van der Waals surface area (Å²) < 4.78 is 36.1. The molecule has 10 heteroatoms. The lowest BCUT2D eigenvalue weighted by Gasteiger charge is -2.16. The summed E-state index contributed by atoms with van der Waals surface area (Å²) >= 11 is 0. The molecular formula is C19H23N3O6S. The second-order valence-corrected chi connectivity index (χ2v) is 8.04. The molecule has 2 amide bonds. The van der Waals surface area contributed by atoms with Crippen LogP contribution >= 0.6 is 0 Å². The maximum absolute atomic E-state index is 12.9. The summed E-state index contributed by atoms with van der Waals surface area (Å²) in [5, 5.41) is 5.30. The van der Waals surface area contributed by atoms with Crippen LogP contribution in [0.25, 0.3) is 0 Å². The summed E-state index contributed by atoms with van der Waals surface area (Å²) in [5.41, 5.74) is 1.65. The molecule has 0 fully saturated rings. The first kappa shape index (κ1) is 22.0. The van der Waals surface area contributed by atoms with E-state index in [-0.39, 0.29) is 17.2 Å². The SMILES string of the molecule is COc1cc(C)c(NC(=O)c2cc(NC(C)=O)ccc2NS(C)(=O)=O)cc1OC. The average molecular weight is 421 g/mol. The zero-order chi connectivity index (χ0) is 21.8. The van der Waals surface area contributed by atoms with Gasteiger partial charge in [0.05, 0.1) is 31.7 Å². The zero-order valence-electron chi connectivity index (χ0n) is 16.7. The van der Waals surface area contributed by atoms with Gasteiger partial charge in [0.1, 0.15) is 0 Å². The Morgan fingerprint density at radius 1 is 0.931 bits per heavy atom. The molecule has 0 aromatic heterocycles. The highest BCUT2D eigenvalue weighted by Gasteiger charge is 2.18. The third kappa shape index (κ3) is 5.85. The summed E-state index contributed by atoms with van der Waals surface area (Å²) in [7, 11) is -0.642. The van der Waals surface area contributed by atoms with Crippen molar-refractivity contribution < 1.29 is 27.5 Å². The standard InChI is InChI=1S/C19H23N3O6S/c1-11-8-17(27-3)18(28-4)10-16(11)21-19(24)14-9-13(20-12(2)23)6-7-15(14)22-29(5,25)26/h6-10,22H,1-5H3,(H,20,23)(H,21,24). The smallest absolute Gasteiger partial charge is 0.257 e. The van der Waals surface area contributed by atoms with Crippen molar-refractivity contribution >= 4 is 38.9 Å². The first-order chi connectivity index (χ1) is 13.5. The number of ether oxygens (including phenoxy) is 2. The molecule has 0 radical (unpaired) electrons. The molecular weight excluding hydrogens is 398 g/mol. The van der Waals surface area contributed by atoms with Gasteiger partial charge in [-0.05, 0) is 36.8 Å². The van der Waals surface area contributed by atoms with E-state index in [4.69, 9.17) is 9.47 Å². The molecule has 156 valence electrons. The van der Waals surface area contributed by atoms with E-state index in [1.54, 1.807) is 19.1 Å². The molecule has 0 aliphatic heterocycles. The van der Waals surface area contributed by atoms with E-state index < -0.39 is 15.9 Å². The van der Waals surface area contributed by atoms with Crippen molar-refractivity contribution in [2.75, 3.05) is 35.8 Å². The van der Waals surface area contributed by atoms with E-state index in [0.717, 1.165) is 6.26 Å². The second kappa shape index (κ2) is 8.82. The van der Waals surface area contributed by atoms with Crippen LogP contribution < -0.4 is 24.8 Å². The molecule has 2 aromatic carbocycles. The second-order valence-electron chi connectivity index (χ2n) is 6.29. The number of anilines is 3. The molecule has 0 spiro atoms. The highest BCUT2D eigenvalue weighted by molar-refractivity contribution is 7.92. The molecule has 0 saturated heterocycles. The van der Waals surface area contributed by atoms with Gasteiger partial charge in [-0.2, -0.15) is 0 Å². The summed E-state index contributed by atoms with van der Waals surface area (Å²) in [6.07, 6.45) is 0.981. The number of hydrogen-bond acceptors (Lipinski definition) is 6. The lowest BCUT2D eigenvalue weighted by atomic mass is 10.1. The highest BCUT2D eigenvalue weighted by Crippen LogP contribution is 2.33. The molecule has 0 aliphatic carbocycles. The monoisotopic (exact) mass is 421 g/mol. The Morgan fingerprint density at radius 3 is 2.10 bits per heavy atom. The Balaban J connectivity index is 2.46. The third-order valence-electron chi connectivity index (χ3n) is 3.86. The number of benzene rings is 2. The molecule has 29 heavy (non-hydrogen) atoms. The van der Waals surface area contributed by atoms with Gasteiger partial charge in [0.2, 0.25) is 15.9 Å². The lowest BCUT2D eigenvalue weighted by Crippen LogP contribution is -2.19. The minimum Gasteiger partial charge on any atom is -0.493 e. The van der Waals surface area contributed by atoms with E-state index in [0.29, 0.717) is 28.4 Å². The van der Waals surface area contributed by atoms with Crippen LogP contribution in [0.2, 0.25) is 0 Å². The predicted octanol–water partition coefficient (Wildman–Crippen LogP) is 2.59. The highest BCUT2D eigenvalue weighted by atomic mass is 32.2. The van der Waals surface area contributed by atoms with Crippen molar-refractivity contribution in [2.24, 2.45) is 0 Å². The van der Waals surface area contributed by atoms with Crippen LogP contribution in [0.1, 0.15) is 22.8 Å². The van der Waals surface area contributed by atoms with Crippen molar-refractivity contribution in [1.29, 1.82) is 0 Å². The minimum absolute atomic E-state index is 0.0378. The Labute approximate surface area is 169 Å². The largest absolute Gasteiger partial charge is 0.493 e. The van der Waals surface area contributed by atoms with E-state index in [2.05, 4.69) is 15.4 Å². The molecule has 0 atom stereocenters. The molecule has 2 aromatic rings. The quantitative estimate of drug-likeness (QED) is 0.632. The van der Waals surface area contributed by atoms with Crippen LogP contribution in [0.15, 0.2) is 30.3 Å². The maximum Gasteiger partial charge on any atom is 0.257 e. The van der Waals surface area contributed by atoms with Gasteiger partial charge in [-0.1, -0.05) is 0 Å². The number of rotatable bonds is 7. The zero-order valence-corrected chi connectivity index (χ0v) is 17.6. The number of amides is 2. The number of nitrogens with one attached hydrogen (secondary N) is 3. The van der Waals surface area contributed by atoms with E-state index in [1.807, 2.05) is 0 Å². The van der Waals surface area contributed by atoms with Gasteiger partial charge in [0.25, 0.3) is 5.91 Å². The van der Waals surface area contributed by atoms with Crippen LogP contribution in [0.3, 0.4) is 0 Å². The molecule has 0 saturated carbocycles. The molecule has 0 unspecified atom stereocenters. The summed E-state index contributed by atoms with van der Waals surface area (Å²) in [4.78, 5) is 24.3. The van der Waals surface area contributed by atoms with Gasteiger partial charge in [-0.3, -0.25) is 14.3 Å². The summed E-state index contributed by atoms with van der Waals surface area (Å²) in [6.45, 7) is 3.11. The Morgan fingerprint density at radius 2 is 1.55 bits per heavy atom. The predicted molar refractivity (Wildman–Crippen MR) is 111 cm³/mol. The first-order valence-electron chi connectivity index (χ1n) is 8.47. The topological polar surface area (TPSA) is 123 Å². The Kier molecular flexibility index (Phi) is 6.70. The number of hydrogen-bond donors (Lipinski definition) is 3. The normalized spacial score (nSPS) is 10.8. The van der Waals surface area contributed by atoms with Crippen molar-refractivity contribution in [3.63, 3.8) is 0 Å². The summed E-state index contributed by atoms with van der Waals surface area (Å²) in [6, 6.07) is 7.60. The third-order valence-corrected chi connectivity index (χ3v) is 4.45. The van der Waals surface area contributed by atoms with Crippen LogP contribution in [0.5, 0.6) is 11.5 Å². The van der Waals surface area contributed by atoms with E-state index >= 15 is 0 Å². The van der Waals surface area contributed by atoms with Crippen LogP contribution in [0, 0.1) is 6.92 Å². The van der Waals surface area contributed by atoms with Gasteiger partial charge >= 0.3 is 0 Å². The molecule has 2 rings (SSSR count). The Bertz CT molecular complexity index is 1050. The molecule has 0 heterocycles. The fourth-order valence-electron chi connectivity index (χ4n) is 2.61. The first-order valence-corrected chi connectivity index (χ1v) is 10.4. The molecule has 9 nitrogen and oxygen atoms in total. The van der Waals surface area contributed by atoms with Gasteiger partial charge in [0.15, 0.2) is 11.5 Å². The number of methoxy groups -OCH3 is 2. The average Bonchev–Trinajstić information content (AvgIpc) is 2.62. The molecule has 0 bridgehead atoms. The number of sulfonamides is 1. The lowest BCUT2D eigenvalue weighted by molar-refractivity contribution is -0.114. The fraction of sp³-hybridized carbons (Fsp3) is 0.263. The molecule has 3 N–H and O–H groups in total. The van der Waals surface area contributed by atoms with E-state index in [1.165, 1.54) is 39.3 Å². The number of aryl methyl sites for hydroxylation is 1. The van der Waals surface area contributed by atoms with Gasteiger partial charge in [-0.25, -0.2) is 8.42 Å². The fourth-order valence-corrected chi connectivity index (χ4v) is 3.18. The van der Waals surface area contributed by atoms with Crippen LogP contribution in [-0.4, -0.2) is 40.7 Å². The van der Waals surface area contributed by atoms with Crippen LogP contribution in [-0.2, 0) is 14.8 Å². The van der Waals surface area contributed by atoms with Crippen molar-refractivity contribution in [1.82, 2.24) is 0 Å². The van der Waals surface area contributed by atoms with Gasteiger partial charge < -0.3 is 20.1 Å². The summed E-state index contributed by atoms with van der Waals surface area (Å²) in [5.74, 6) is 0.0413. The maximum atomic E-state index is 12.9. The van der Waals surface area contributed by atoms with Crippen molar-refractivity contribution in [3.05, 3.63) is 41.5 Å². The van der Waals surface area contributed by atoms with Crippen LogP contribution in [0.4, 0.5) is 17.1 Å². The van der Waals surface area contributed by atoms with Crippen molar-refractivity contribution in [2.45, 2.75) is 13.8 Å². The minimum atomic E-state index is -3.62. The molecule has 0 aliphatic rings.